The number of nitrogen functional groups attached to an aromatic ring is 1. The molecule has 2 saturated heterocycles. The molecule has 0 spiro atoms. The molecule has 3 rings (SSSR count). The SMILES string of the molecule is CN1CCC[C@@]2(C(=O)NCc3nnc(N)s3)CCN(C(=O)CO)C[C@H]12. The van der Waals surface area contributed by atoms with Gasteiger partial charge in [0.25, 0.3) is 0 Å². The van der Waals surface area contributed by atoms with Gasteiger partial charge in [-0.15, -0.1) is 10.2 Å². The van der Waals surface area contributed by atoms with Crippen molar-refractivity contribution in [3.8, 4) is 0 Å². The number of rotatable bonds is 4. The van der Waals surface area contributed by atoms with Crippen LogP contribution in [0, 0.1) is 5.41 Å². The largest absolute Gasteiger partial charge is 0.387 e. The van der Waals surface area contributed by atoms with E-state index in [1.165, 1.54) is 11.3 Å². The minimum atomic E-state index is -0.518. The minimum absolute atomic E-state index is 0.00563. The third kappa shape index (κ3) is 3.46. The van der Waals surface area contributed by atoms with Gasteiger partial charge in [-0.2, -0.15) is 0 Å². The molecule has 2 aliphatic rings. The number of anilines is 1. The van der Waals surface area contributed by atoms with Gasteiger partial charge in [0.05, 0.1) is 12.0 Å². The van der Waals surface area contributed by atoms with E-state index in [1.807, 2.05) is 7.05 Å². The second kappa shape index (κ2) is 7.22. The predicted octanol–water partition coefficient (Wildman–Crippen LogP) is -0.958. The number of nitrogens with one attached hydrogen (secondary N) is 1. The van der Waals surface area contributed by atoms with E-state index in [4.69, 9.17) is 10.8 Å². The summed E-state index contributed by atoms with van der Waals surface area (Å²) in [4.78, 5) is 28.7. The van der Waals surface area contributed by atoms with Crippen molar-refractivity contribution in [3.05, 3.63) is 5.01 Å². The molecule has 2 atom stereocenters. The number of aliphatic hydroxyl groups is 1. The zero-order chi connectivity index (χ0) is 18.0. The number of carbonyl (C=O) groups excluding carboxylic acids is 2. The molecule has 0 unspecified atom stereocenters. The van der Waals surface area contributed by atoms with Crippen molar-refractivity contribution in [2.24, 2.45) is 5.41 Å². The zero-order valence-electron chi connectivity index (χ0n) is 14.3. The smallest absolute Gasteiger partial charge is 0.248 e. The number of hydrogen-bond donors (Lipinski definition) is 3. The topological polar surface area (TPSA) is 125 Å². The van der Waals surface area contributed by atoms with Crippen LogP contribution in [0.2, 0.25) is 0 Å². The first-order valence-electron chi connectivity index (χ1n) is 8.41. The molecular formula is C15H24N6O3S. The van der Waals surface area contributed by atoms with Crippen molar-refractivity contribution in [2.75, 3.05) is 39.0 Å². The highest BCUT2D eigenvalue weighted by atomic mass is 32.1. The maximum Gasteiger partial charge on any atom is 0.248 e. The van der Waals surface area contributed by atoms with E-state index in [-0.39, 0.29) is 17.9 Å². The quantitative estimate of drug-likeness (QED) is 0.625. The molecule has 1 aromatic rings. The summed E-state index contributed by atoms with van der Waals surface area (Å²) in [5.74, 6) is -0.286. The average Bonchev–Trinajstić information content (AvgIpc) is 3.04. The second-order valence-corrected chi connectivity index (χ2v) is 7.81. The molecule has 4 N–H and O–H groups in total. The van der Waals surface area contributed by atoms with E-state index in [1.54, 1.807) is 4.90 Å². The Hall–Kier alpha value is -1.78. The Balaban J connectivity index is 1.73. The summed E-state index contributed by atoms with van der Waals surface area (Å²) >= 11 is 1.26. The summed E-state index contributed by atoms with van der Waals surface area (Å²) < 4.78 is 0. The molecule has 0 bridgehead atoms. The van der Waals surface area contributed by atoms with Gasteiger partial charge in [-0.25, -0.2) is 0 Å². The van der Waals surface area contributed by atoms with Crippen LogP contribution in [0.25, 0.3) is 0 Å². The summed E-state index contributed by atoms with van der Waals surface area (Å²) in [6.45, 7) is 1.67. The van der Waals surface area contributed by atoms with E-state index in [9.17, 15) is 9.59 Å². The summed E-state index contributed by atoms with van der Waals surface area (Å²) in [5.41, 5.74) is 5.06. The van der Waals surface area contributed by atoms with Gasteiger partial charge < -0.3 is 26.0 Å². The predicted molar refractivity (Wildman–Crippen MR) is 92.5 cm³/mol. The molecular weight excluding hydrogens is 344 g/mol. The molecule has 9 nitrogen and oxygen atoms in total. The molecule has 2 aliphatic heterocycles. The summed E-state index contributed by atoms with van der Waals surface area (Å²) in [7, 11) is 1.99. The molecule has 138 valence electrons. The van der Waals surface area contributed by atoms with Crippen LogP contribution in [-0.2, 0) is 16.1 Å². The highest BCUT2D eigenvalue weighted by Gasteiger charge is 2.52. The van der Waals surface area contributed by atoms with E-state index >= 15 is 0 Å². The van der Waals surface area contributed by atoms with Crippen molar-refractivity contribution in [1.29, 1.82) is 0 Å². The fourth-order valence-electron chi connectivity index (χ4n) is 4.00. The van der Waals surface area contributed by atoms with Crippen molar-refractivity contribution in [2.45, 2.75) is 31.8 Å². The Morgan fingerprint density at radius 3 is 2.88 bits per heavy atom. The molecule has 1 aromatic heterocycles. The monoisotopic (exact) mass is 368 g/mol. The maximum absolute atomic E-state index is 13.1. The molecule has 0 radical (unpaired) electrons. The third-order valence-corrected chi connectivity index (χ3v) is 6.10. The van der Waals surface area contributed by atoms with Gasteiger partial charge in [0.1, 0.15) is 11.6 Å². The van der Waals surface area contributed by atoms with Gasteiger partial charge in [-0.05, 0) is 32.9 Å². The minimum Gasteiger partial charge on any atom is -0.387 e. The van der Waals surface area contributed by atoms with Crippen molar-refractivity contribution in [1.82, 2.24) is 25.3 Å². The summed E-state index contributed by atoms with van der Waals surface area (Å²) in [6, 6.07) is -0.0509. The van der Waals surface area contributed by atoms with Crippen LogP contribution in [0.5, 0.6) is 0 Å². The van der Waals surface area contributed by atoms with Crippen LogP contribution in [0.15, 0.2) is 0 Å². The van der Waals surface area contributed by atoms with E-state index < -0.39 is 12.0 Å². The van der Waals surface area contributed by atoms with E-state index in [0.29, 0.717) is 36.2 Å². The highest BCUT2D eigenvalue weighted by Crippen LogP contribution is 2.42. The second-order valence-electron chi connectivity index (χ2n) is 6.72. The highest BCUT2D eigenvalue weighted by molar-refractivity contribution is 7.15. The number of aliphatic hydroxyl groups excluding tert-OH is 1. The Kier molecular flexibility index (Phi) is 5.21. The number of amides is 2. The van der Waals surface area contributed by atoms with Crippen LogP contribution in [0.1, 0.15) is 24.3 Å². The van der Waals surface area contributed by atoms with Crippen molar-refractivity contribution in [3.63, 3.8) is 0 Å². The van der Waals surface area contributed by atoms with Gasteiger partial charge in [0, 0.05) is 19.1 Å². The van der Waals surface area contributed by atoms with E-state index in [2.05, 4.69) is 20.4 Å². The number of aromatic nitrogens is 2. The molecule has 0 saturated carbocycles. The van der Waals surface area contributed by atoms with Crippen molar-refractivity contribution >= 4 is 28.3 Å². The summed E-state index contributed by atoms with van der Waals surface area (Å²) in [6.07, 6.45) is 2.34. The first-order valence-corrected chi connectivity index (χ1v) is 9.23. The molecule has 2 amide bonds. The lowest BCUT2D eigenvalue weighted by Gasteiger charge is -2.53. The number of likely N-dealkylation sites (tertiary alicyclic amines) is 2. The first-order chi connectivity index (χ1) is 12.0. The standard InChI is InChI=1S/C15H24N6O3S/c1-20-5-2-3-15(4-6-21(8-10(15)20)12(23)9-22)13(24)17-7-11-18-19-14(16)25-11/h10,22H,2-9H2,1H3,(H2,16,19)(H,17,24)/t10-,15+/m0/s1. The normalized spacial score (nSPS) is 27.0. The molecule has 3 heterocycles. The average molecular weight is 368 g/mol. The lowest BCUT2D eigenvalue weighted by molar-refractivity contribution is -0.151. The summed E-state index contributed by atoms with van der Waals surface area (Å²) in [5, 5.41) is 20.9. The van der Waals surface area contributed by atoms with Gasteiger partial charge in [-0.3, -0.25) is 9.59 Å². The van der Waals surface area contributed by atoms with Crippen LogP contribution in [0.4, 0.5) is 5.13 Å². The first kappa shape index (κ1) is 18.0. The Bertz CT molecular complexity index is 653. The van der Waals surface area contributed by atoms with Crippen molar-refractivity contribution < 1.29 is 14.7 Å². The third-order valence-electron chi connectivity index (χ3n) is 5.35. The van der Waals surface area contributed by atoms with Crippen LogP contribution in [0.3, 0.4) is 0 Å². The Morgan fingerprint density at radius 1 is 1.40 bits per heavy atom. The lowest BCUT2D eigenvalue weighted by Crippen LogP contribution is -2.65. The van der Waals surface area contributed by atoms with Crippen LogP contribution < -0.4 is 11.1 Å². The lowest BCUT2D eigenvalue weighted by atomic mass is 9.67. The van der Waals surface area contributed by atoms with Gasteiger partial charge >= 0.3 is 0 Å². The maximum atomic E-state index is 13.1. The fraction of sp³-hybridized carbons (Fsp3) is 0.733. The van der Waals surface area contributed by atoms with E-state index in [0.717, 1.165) is 19.4 Å². The molecule has 2 fully saturated rings. The molecule has 25 heavy (non-hydrogen) atoms. The Labute approximate surface area is 150 Å². The number of carbonyl (C=O) groups is 2. The number of piperidine rings is 2. The zero-order valence-corrected chi connectivity index (χ0v) is 15.1. The van der Waals surface area contributed by atoms with Gasteiger partial charge in [-0.1, -0.05) is 11.3 Å². The molecule has 0 aromatic carbocycles. The number of likely N-dealkylation sites (N-methyl/N-ethyl adjacent to an activating group) is 1. The number of nitrogens with zero attached hydrogens (tertiary/aromatic N) is 4. The molecule has 10 heteroatoms. The fourth-order valence-corrected chi connectivity index (χ4v) is 4.55. The Morgan fingerprint density at radius 2 is 2.20 bits per heavy atom. The molecule has 0 aliphatic carbocycles. The number of nitrogens with two attached hydrogens (primary N) is 1. The van der Waals surface area contributed by atoms with Crippen LogP contribution in [-0.4, -0.2) is 76.2 Å². The number of hydrogen-bond acceptors (Lipinski definition) is 8. The van der Waals surface area contributed by atoms with Gasteiger partial charge in [0.2, 0.25) is 16.9 Å². The van der Waals surface area contributed by atoms with Gasteiger partial charge in [0.15, 0.2) is 0 Å². The number of fused-ring (bicyclic) bond motifs is 1. The van der Waals surface area contributed by atoms with Crippen LogP contribution >= 0.6 is 11.3 Å².